The van der Waals surface area contributed by atoms with Gasteiger partial charge in [-0.15, -0.1) is 0 Å². The summed E-state index contributed by atoms with van der Waals surface area (Å²) in [6, 6.07) is 16.4. The second kappa shape index (κ2) is 7.52. The van der Waals surface area contributed by atoms with Crippen LogP contribution in [-0.2, 0) is 0 Å². The molecule has 2 N–H and O–H groups in total. The number of aromatic carboxylic acids is 1. The number of hydrogen-bond acceptors (Lipinski definition) is 4. The van der Waals surface area contributed by atoms with Gasteiger partial charge in [-0.25, -0.2) is 4.79 Å². The molecule has 0 atom stereocenters. The molecular weight excluding hydrogens is 431 g/mol. The summed E-state index contributed by atoms with van der Waals surface area (Å²) in [4.78, 5) is 11.1. The average Bonchev–Trinajstić information content (AvgIpc) is 3.05. The normalized spacial score (nSPS) is 11.0. The topological polar surface area (TPSA) is 74.8 Å². The minimum atomic E-state index is -0.962. The van der Waals surface area contributed by atoms with E-state index in [0.717, 1.165) is 20.4 Å². The monoisotopic (exact) mass is 446 g/mol. The van der Waals surface area contributed by atoms with E-state index in [0.29, 0.717) is 11.5 Å². The summed E-state index contributed by atoms with van der Waals surface area (Å²) in [6.07, 6.45) is 1.58. The van der Waals surface area contributed by atoms with E-state index in [2.05, 4.69) is 33.1 Å². The van der Waals surface area contributed by atoms with Crippen LogP contribution < -0.4 is 5.43 Å². The molecule has 0 bridgehead atoms. The number of nitrogens with one attached hydrogen (secondary N) is 1. The zero-order valence-electron chi connectivity index (χ0n) is 13.4. The Balaban J connectivity index is 1.76. The summed E-state index contributed by atoms with van der Waals surface area (Å²) in [5.74, 6) is 0.223. The summed E-state index contributed by atoms with van der Waals surface area (Å²) in [5, 5.41) is 13.3. The highest BCUT2D eigenvalue weighted by atomic mass is 127. The predicted octanol–water partition coefficient (Wildman–Crippen LogP) is 5.00. The molecule has 0 unspecified atom stereocenters. The number of anilines is 1. The summed E-state index contributed by atoms with van der Waals surface area (Å²) < 4.78 is 6.91. The van der Waals surface area contributed by atoms with Crippen molar-refractivity contribution in [1.82, 2.24) is 0 Å². The minimum absolute atomic E-state index is 0.229. The van der Waals surface area contributed by atoms with Crippen molar-refractivity contribution in [3.05, 3.63) is 75.1 Å². The van der Waals surface area contributed by atoms with Gasteiger partial charge in [-0.3, -0.25) is 5.43 Å². The van der Waals surface area contributed by atoms with Crippen LogP contribution in [0.25, 0.3) is 11.3 Å². The molecule has 0 radical (unpaired) electrons. The average molecular weight is 446 g/mol. The Kier molecular flexibility index (Phi) is 5.18. The number of carboxylic acids is 1. The SMILES string of the molecule is Cc1ccc(C(=O)O)cc1-c1ccc(/C=N\Nc2ccc(I)cc2)o1. The van der Waals surface area contributed by atoms with Crippen LogP contribution in [0.15, 0.2) is 64.1 Å². The number of benzene rings is 2. The van der Waals surface area contributed by atoms with Crippen LogP contribution in [0.3, 0.4) is 0 Å². The van der Waals surface area contributed by atoms with Crippen LogP contribution in [-0.4, -0.2) is 17.3 Å². The molecule has 5 nitrogen and oxygen atoms in total. The Morgan fingerprint density at radius 2 is 1.92 bits per heavy atom. The van der Waals surface area contributed by atoms with Gasteiger partial charge in [0.1, 0.15) is 11.5 Å². The first-order valence-corrected chi connectivity index (χ1v) is 8.59. The lowest BCUT2D eigenvalue weighted by Gasteiger charge is -2.04. The second-order valence-electron chi connectivity index (χ2n) is 5.41. The Hall–Kier alpha value is -2.61. The molecule has 126 valence electrons. The third kappa shape index (κ3) is 4.27. The highest BCUT2D eigenvalue weighted by Crippen LogP contribution is 2.26. The first-order chi connectivity index (χ1) is 12.0. The number of carboxylic acid groups (broad SMARTS) is 1. The zero-order valence-corrected chi connectivity index (χ0v) is 15.5. The van der Waals surface area contributed by atoms with E-state index in [1.807, 2.05) is 31.2 Å². The van der Waals surface area contributed by atoms with Crippen molar-refractivity contribution < 1.29 is 14.3 Å². The van der Waals surface area contributed by atoms with Crippen molar-refractivity contribution in [2.75, 3.05) is 5.43 Å². The molecule has 3 aromatic rings. The van der Waals surface area contributed by atoms with Crippen LogP contribution in [0, 0.1) is 10.5 Å². The van der Waals surface area contributed by atoms with Gasteiger partial charge < -0.3 is 9.52 Å². The van der Waals surface area contributed by atoms with E-state index < -0.39 is 5.97 Å². The molecule has 0 aliphatic rings. The number of rotatable bonds is 5. The number of hydrogen-bond donors (Lipinski definition) is 2. The number of halogens is 1. The first kappa shape index (κ1) is 17.2. The van der Waals surface area contributed by atoms with E-state index in [1.54, 1.807) is 36.5 Å². The van der Waals surface area contributed by atoms with Crippen molar-refractivity contribution in [2.24, 2.45) is 5.10 Å². The van der Waals surface area contributed by atoms with E-state index >= 15 is 0 Å². The van der Waals surface area contributed by atoms with Crippen LogP contribution in [0.1, 0.15) is 21.7 Å². The molecule has 3 rings (SSSR count). The smallest absolute Gasteiger partial charge is 0.335 e. The second-order valence-corrected chi connectivity index (χ2v) is 6.66. The molecule has 0 amide bonds. The Morgan fingerprint density at radius 3 is 2.64 bits per heavy atom. The first-order valence-electron chi connectivity index (χ1n) is 7.52. The maximum Gasteiger partial charge on any atom is 0.335 e. The number of nitrogens with zero attached hydrogens (tertiary/aromatic N) is 1. The summed E-state index contributed by atoms with van der Waals surface area (Å²) in [6.45, 7) is 1.91. The van der Waals surface area contributed by atoms with E-state index in [1.165, 1.54) is 0 Å². The fourth-order valence-electron chi connectivity index (χ4n) is 2.28. The standard InChI is InChI=1S/C19H15IN2O3/c1-12-2-3-13(19(23)24)10-17(12)18-9-8-16(25-18)11-21-22-15-6-4-14(20)5-7-15/h2-11,22H,1H3,(H,23,24)/b21-11-. The molecule has 0 fully saturated rings. The molecule has 25 heavy (non-hydrogen) atoms. The van der Waals surface area contributed by atoms with Crippen LogP contribution in [0.5, 0.6) is 0 Å². The van der Waals surface area contributed by atoms with Gasteiger partial charge in [0.05, 0.1) is 17.5 Å². The summed E-state index contributed by atoms with van der Waals surface area (Å²) in [7, 11) is 0. The maximum atomic E-state index is 11.1. The molecular formula is C19H15IN2O3. The van der Waals surface area contributed by atoms with Gasteiger partial charge in [0.15, 0.2) is 0 Å². The van der Waals surface area contributed by atoms with E-state index in [-0.39, 0.29) is 5.56 Å². The fourth-order valence-corrected chi connectivity index (χ4v) is 2.64. The molecule has 0 spiro atoms. The third-order valence-corrected chi connectivity index (χ3v) is 4.33. The van der Waals surface area contributed by atoms with Gasteiger partial charge >= 0.3 is 5.97 Å². The van der Waals surface area contributed by atoms with Gasteiger partial charge in [0, 0.05) is 9.13 Å². The maximum absolute atomic E-state index is 11.1. The van der Waals surface area contributed by atoms with Gasteiger partial charge in [-0.1, -0.05) is 6.07 Å². The lowest BCUT2D eigenvalue weighted by atomic mass is 10.0. The van der Waals surface area contributed by atoms with E-state index in [4.69, 9.17) is 9.52 Å². The van der Waals surface area contributed by atoms with Crippen molar-refractivity contribution in [3.8, 4) is 11.3 Å². The largest absolute Gasteiger partial charge is 0.478 e. The summed E-state index contributed by atoms with van der Waals surface area (Å²) in [5.41, 5.74) is 5.74. The molecule has 0 aliphatic heterocycles. The fraction of sp³-hybridized carbons (Fsp3) is 0.0526. The van der Waals surface area contributed by atoms with Crippen molar-refractivity contribution in [1.29, 1.82) is 0 Å². The van der Waals surface area contributed by atoms with Gasteiger partial charge in [-0.05, 0) is 83.6 Å². The third-order valence-electron chi connectivity index (χ3n) is 3.61. The van der Waals surface area contributed by atoms with Crippen molar-refractivity contribution in [3.63, 3.8) is 0 Å². The molecule has 2 aromatic carbocycles. The number of aryl methyl sites for hydroxylation is 1. The van der Waals surface area contributed by atoms with Crippen molar-refractivity contribution in [2.45, 2.75) is 6.92 Å². The lowest BCUT2D eigenvalue weighted by molar-refractivity contribution is 0.0697. The highest BCUT2D eigenvalue weighted by molar-refractivity contribution is 14.1. The predicted molar refractivity (Wildman–Crippen MR) is 106 cm³/mol. The zero-order chi connectivity index (χ0) is 17.8. The Bertz CT molecular complexity index is 930. The number of carbonyl (C=O) groups is 1. The van der Waals surface area contributed by atoms with Crippen LogP contribution in [0.2, 0.25) is 0 Å². The van der Waals surface area contributed by atoms with Crippen molar-refractivity contribution >= 4 is 40.5 Å². The quantitative estimate of drug-likeness (QED) is 0.329. The van der Waals surface area contributed by atoms with Gasteiger partial charge in [0.25, 0.3) is 0 Å². The Morgan fingerprint density at radius 1 is 1.16 bits per heavy atom. The van der Waals surface area contributed by atoms with E-state index in [9.17, 15) is 4.79 Å². The number of hydrazone groups is 1. The number of furan rings is 1. The molecule has 0 aliphatic carbocycles. The highest BCUT2D eigenvalue weighted by Gasteiger charge is 2.11. The van der Waals surface area contributed by atoms with Gasteiger partial charge in [-0.2, -0.15) is 5.10 Å². The minimum Gasteiger partial charge on any atom is -0.478 e. The molecule has 1 aromatic heterocycles. The van der Waals surface area contributed by atoms with Crippen LogP contribution >= 0.6 is 22.6 Å². The lowest BCUT2D eigenvalue weighted by Crippen LogP contribution is -1.96. The van der Waals surface area contributed by atoms with Gasteiger partial charge in [0.2, 0.25) is 0 Å². The molecule has 1 heterocycles. The summed E-state index contributed by atoms with van der Waals surface area (Å²) >= 11 is 2.24. The Labute approximate surface area is 158 Å². The molecule has 0 saturated heterocycles. The van der Waals surface area contributed by atoms with Crippen LogP contribution in [0.4, 0.5) is 5.69 Å². The molecule has 0 saturated carbocycles. The molecule has 6 heteroatoms.